The Balaban J connectivity index is 2.71. The van der Waals surface area contributed by atoms with E-state index in [-0.39, 0.29) is 30.5 Å². The third-order valence-electron chi connectivity index (χ3n) is 4.01. The molecule has 0 heterocycles. The molecule has 11 nitrogen and oxygen atoms in total. The first-order valence-electron chi connectivity index (χ1n) is 9.96. The van der Waals surface area contributed by atoms with Crippen molar-refractivity contribution in [2.75, 3.05) is 20.8 Å². The number of carbonyl (C=O) groups excluding carboxylic acids is 4. The Kier molecular flexibility index (Phi) is 11.6. The summed E-state index contributed by atoms with van der Waals surface area (Å²) in [6, 6.07) is 3.19. The molecular formula is C21H29NO10. The van der Waals surface area contributed by atoms with Crippen LogP contribution in [-0.2, 0) is 35.0 Å². The van der Waals surface area contributed by atoms with Crippen LogP contribution in [0.15, 0.2) is 18.2 Å². The van der Waals surface area contributed by atoms with Gasteiger partial charge in [0.05, 0.1) is 14.2 Å². The molecule has 11 heteroatoms. The largest absolute Gasteiger partial charge is 0.513 e. The summed E-state index contributed by atoms with van der Waals surface area (Å²) in [6.07, 6.45) is -0.735. The quantitative estimate of drug-likeness (QED) is 0.298. The molecule has 2 atom stereocenters. The van der Waals surface area contributed by atoms with E-state index in [9.17, 15) is 19.2 Å². The fourth-order valence-corrected chi connectivity index (χ4v) is 2.39. The van der Waals surface area contributed by atoms with E-state index in [4.69, 9.17) is 24.7 Å². The van der Waals surface area contributed by atoms with E-state index >= 15 is 0 Å². The van der Waals surface area contributed by atoms with Crippen molar-refractivity contribution in [1.29, 1.82) is 0 Å². The Morgan fingerprint density at radius 1 is 1.00 bits per heavy atom. The van der Waals surface area contributed by atoms with Crippen molar-refractivity contribution in [2.24, 2.45) is 5.73 Å². The number of esters is 2. The van der Waals surface area contributed by atoms with Gasteiger partial charge in [-0.15, -0.1) is 0 Å². The summed E-state index contributed by atoms with van der Waals surface area (Å²) < 4.78 is 29.0. The highest BCUT2D eigenvalue weighted by molar-refractivity contribution is 5.76. The van der Waals surface area contributed by atoms with Gasteiger partial charge in [-0.2, -0.15) is 0 Å². The van der Waals surface area contributed by atoms with Crippen molar-refractivity contribution in [3.05, 3.63) is 23.8 Å². The SMILES string of the molecule is CCCCC(=O)O[C@@H](C)COC(=O)[C@@H](N)Cc1ccc(OC(=O)OC)c(OC(=O)OC)c1. The van der Waals surface area contributed by atoms with Gasteiger partial charge in [0.1, 0.15) is 18.8 Å². The summed E-state index contributed by atoms with van der Waals surface area (Å²) in [6.45, 7) is 3.44. The number of nitrogens with two attached hydrogens (primary N) is 1. The van der Waals surface area contributed by atoms with E-state index in [1.54, 1.807) is 6.92 Å². The average molecular weight is 455 g/mol. The third-order valence-corrected chi connectivity index (χ3v) is 4.01. The van der Waals surface area contributed by atoms with Gasteiger partial charge in [-0.25, -0.2) is 9.59 Å². The van der Waals surface area contributed by atoms with Crippen LogP contribution in [0.3, 0.4) is 0 Å². The smallest absolute Gasteiger partial charge is 0.461 e. The minimum absolute atomic E-state index is 0.0273. The molecular weight excluding hydrogens is 426 g/mol. The number of hydrogen-bond donors (Lipinski definition) is 1. The van der Waals surface area contributed by atoms with E-state index < -0.39 is 30.4 Å². The normalized spacial score (nSPS) is 12.2. The summed E-state index contributed by atoms with van der Waals surface area (Å²) in [4.78, 5) is 46.6. The molecule has 2 N–H and O–H groups in total. The topological polar surface area (TPSA) is 150 Å². The number of unbranched alkanes of at least 4 members (excludes halogenated alkanes) is 1. The van der Waals surface area contributed by atoms with Crippen LogP contribution in [-0.4, -0.2) is 57.2 Å². The first-order valence-corrected chi connectivity index (χ1v) is 9.96. The van der Waals surface area contributed by atoms with Gasteiger partial charge in [0.15, 0.2) is 11.5 Å². The monoisotopic (exact) mass is 455 g/mol. The van der Waals surface area contributed by atoms with Crippen LogP contribution in [0.1, 0.15) is 38.7 Å². The van der Waals surface area contributed by atoms with Gasteiger partial charge < -0.3 is 34.2 Å². The maximum absolute atomic E-state index is 12.2. The molecule has 0 aliphatic heterocycles. The van der Waals surface area contributed by atoms with E-state index in [0.29, 0.717) is 12.0 Å². The highest BCUT2D eigenvalue weighted by Crippen LogP contribution is 2.29. The number of rotatable bonds is 11. The molecule has 0 aliphatic rings. The van der Waals surface area contributed by atoms with Gasteiger partial charge in [-0.05, 0) is 37.5 Å². The second-order valence-corrected chi connectivity index (χ2v) is 6.74. The van der Waals surface area contributed by atoms with Crippen molar-refractivity contribution in [2.45, 2.75) is 51.7 Å². The minimum atomic E-state index is -1.05. The molecule has 178 valence electrons. The van der Waals surface area contributed by atoms with E-state index in [2.05, 4.69) is 9.47 Å². The predicted molar refractivity (Wildman–Crippen MR) is 110 cm³/mol. The molecule has 1 rings (SSSR count). The summed E-state index contributed by atoms with van der Waals surface area (Å²) in [5.74, 6) is -1.28. The van der Waals surface area contributed by atoms with Crippen LogP contribution in [0.2, 0.25) is 0 Å². The first kappa shape index (κ1) is 26.7. The molecule has 0 spiro atoms. The fourth-order valence-electron chi connectivity index (χ4n) is 2.39. The number of benzene rings is 1. The first-order chi connectivity index (χ1) is 15.2. The Morgan fingerprint density at radius 3 is 2.22 bits per heavy atom. The Bertz CT molecular complexity index is 795. The summed E-state index contributed by atoms with van der Waals surface area (Å²) in [7, 11) is 2.23. The number of carbonyl (C=O) groups is 4. The number of hydrogen-bond acceptors (Lipinski definition) is 11. The highest BCUT2D eigenvalue weighted by Gasteiger charge is 2.21. The van der Waals surface area contributed by atoms with Crippen molar-refractivity contribution in [3.63, 3.8) is 0 Å². The van der Waals surface area contributed by atoms with Crippen molar-refractivity contribution in [1.82, 2.24) is 0 Å². The molecule has 0 radical (unpaired) electrons. The lowest BCUT2D eigenvalue weighted by Gasteiger charge is -2.16. The zero-order valence-electron chi connectivity index (χ0n) is 18.6. The Hall–Kier alpha value is -3.34. The van der Waals surface area contributed by atoms with Crippen LogP contribution >= 0.6 is 0 Å². The molecule has 0 aliphatic carbocycles. The Morgan fingerprint density at radius 2 is 1.62 bits per heavy atom. The minimum Gasteiger partial charge on any atom is -0.461 e. The van der Waals surface area contributed by atoms with Crippen LogP contribution in [0.4, 0.5) is 9.59 Å². The Labute approximate surface area is 186 Å². The maximum atomic E-state index is 12.2. The maximum Gasteiger partial charge on any atom is 0.513 e. The van der Waals surface area contributed by atoms with E-state index in [1.165, 1.54) is 18.2 Å². The van der Waals surface area contributed by atoms with Crippen LogP contribution in [0, 0.1) is 0 Å². The molecule has 0 amide bonds. The zero-order valence-corrected chi connectivity index (χ0v) is 18.6. The number of methoxy groups -OCH3 is 2. The van der Waals surface area contributed by atoms with Gasteiger partial charge in [-0.3, -0.25) is 9.59 Å². The highest BCUT2D eigenvalue weighted by atomic mass is 16.7. The summed E-state index contributed by atoms with van der Waals surface area (Å²) >= 11 is 0. The predicted octanol–water partition coefficient (Wildman–Crippen LogP) is 2.51. The third kappa shape index (κ3) is 9.65. The zero-order chi connectivity index (χ0) is 24.1. The van der Waals surface area contributed by atoms with Crippen LogP contribution < -0.4 is 15.2 Å². The molecule has 0 saturated carbocycles. The lowest BCUT2D eigenvalue weighted by Crippen LogP contribution is -2.36. The van der Waals surface area contributed by atoms with Crippen molar-refractivity contribution < 1.29 is 47.6 Å². The number of ether oxygens (including phenoxy) is 6. The molecule has 0 fully saturated rings. The fraction of sp³-hybridized carbons (Fsp3) is 0.524. The van der Waals surface area contributed by atoms with Crippen LogP contribution in [0.5, 0.6) is 11.5 Å². The summed E-state index contributed by atoms with van der Waals surface area (Å²) in [5, 5.41) is 0. The van der Waals surface area contributed by atoms with Crippen molar-refractivity contribution >= 4 is 24.2 Å². The van der Waals surface area contributed by atoms with Gasteiger partial charge in [0, 0.05) is 6.42 Å². The van der Waals surface area contributed by atoms with Gasteiger partial charge >= 0.3 is 24.2 Å². The molecule has 0 unspecified atom stereocenters. The lowest BCUT2D eigenvalue weighted by atomic mass is 10.1. The second-order valence-electron chi connectivity index (χ2n) is 6.74. The molecule has 0 bridgehead atoms. The van der Waals surface area contributed by atoms with E-state index in [0.717, 1.165) is 27.1 Å². The lowest BCUT2D eigenvalue weighted by molar-refractivity contribution is -0.158. The molecule has 0 aromatic heterocycles. The van der Waals surface area contributed by atoms with E-state index in [1.807, 2.05) is 6.92 Å². The molecule has 1 aromatic carbocycles. The molecule has 0 saturated heterocycles. The van der Waals surface area contributed by atoms with Gasteiger partial charge in [0.2, 0.25) is 0 Å². The molecule has 1 aromatic rings. The summed E-state index contributed by atoms with van der Waals surface area (Å²) in [5.41, 5.74) is 6.39. The van der Waals surface area contributed by atoms with Gasteiger partial charge in [-0.1, -0.05) is 19.4 Å². The van der Waals surface area contributed by atoms with Gasteiger partial charge in [0.25, 0.3) is 0 Å². The average Bonchev–Trinajstić information content (AvgIpc) is 2.77. The second kappa shape index (κ2) is 13.9. The molecule has 32 heavy (non-hydrogen) atoms. The van der Waals surface area contributed by atoms with Crippen LogP contribution in [0.25, 0.3) is 0 Å². The standard InChI is InChI=1S/C21H29NO10/c1-5-6-7-18(23)30-13(2)12-29-19(24)15(22)10-14-8-9-16(31-20(25)27-3)17(11-14)32-21(26)28-4/h8-9,11,13,15H,5-7,10,12,22H2,1-4H3/t13-,15-/m0/s1. The van der Waals surface area contributed by atoms with Crippen molar-refractivity contribution in [3.8, 4) is 11.5 Å².